The summed E-state index contributed by atoms with van der Waals surface area (Å²) in [6, 6.07) is 18.9. The van der Waals surface area contributed by atoms with E-state index in [0.29, 0.717) is 5.56 Å². The summed E-state index contributed by atoms with van der Waals surface area (Å²) in [7, 11) is -3.64. The number of benzene rings is 3. The topological polar surface area (TPSA) is 57.7 Å². The van der Waals surface area contributed by atoms with Gasteiger partial charge in [-0.25, -0.2) is 12.8 Å². The van der Waals surface area contributed by atoms with E-state index < -0.39 is 15.8 Å². The molecule has 0 N–H and O–H groups in total. The Balaban J connectivity index is 1.43. The molecule has 5 nitrogen and oxygen atoms in total. The van der Waals surface area contributed by atoms with E-state index >= 15 is 0 Å². The number of hydrogen-bond acceptors (Lipinski definition) is 3. The van der Waals surface area contributed by atoms with E-state index in [4.69, 9.17) is 0 Å². The van der Waals surface area contributed by atoms with Gasteiger partial charge in [-0.1, -0.05) is 48.5 Å². The minimum atomic E-state index is -3.64. The summed E-state index contributed by atoms with van der Waals surface area (Å²) in [5.74, 6) is -0.658. The van der Waals surface area contributed by atoms with Crippen molar-refractivity contribution >= 4 is 32.8 Å². The largest absolute Gasteiger partial charge is 0.337 e. The Hall–Kier alpha value is -3.03. The molecule has 4 rings (SSSR count). The maximum Gasteiger partial charge on any atom is 0.246 e. The predicted octanol–water partition coefficient (Wildman–Crippen LogP) is 3.53. The van der Waals surface area contributed by atoms with E-state index in [2.05, 4.69) is 0 Å². The van der Waals surface area contributed by atoms with Gasteiger partial charge in [0.25, 0.3) is 0 Å². The number of nitrogens with zero attached hydrogens (tertiary/aromatic N) is 2. The molecule has 1 heterocycles. The van der Waals surface area contributed by atoms with Crippen LogP contribution in [-0.2, 0) is 14.8 Å². The van der Waals surface area contributed by atoms with Crippen LogP contribution in [0.2, 0.25) is 0 Å². The third-order valence-corrected chi connectivity index (χ3v) is 7.11. The molecule has 3 aromatic rings. The van der Waals surface area contributed by atoms with Crippen LogP contribution in [0.4, 0.5) is 4.39 Å². The maximum atomic E-state index is 13.7. The van der Waals surface area contributed by atoms with Gasteiger partial charge >= 0.3 is 0 Å². The number of amides is 1. The molecule has 0 atom stereocenters. The summed E-state index contributed by atoms with van der Waals surface area (Å²) < 4.78 is 41.1. The monoisotopic (exact) mass is 424 g/mol. The Bertz CT molecular complexity index is 1220. The quantitative estimate of drug-likeness (QED) is 0.602. The Labute approximate surface area is 175 Å². The highest BCUT2D eigenvalue weighted by molar-refractivity contribution is 7.89. The maximum absolute atomic E-state index is 13.7. The minimum Gasteiger partial charge on any atom is -0.337 e. The van der Waals surface area contributed by atoms with Crippen molar-refractivity contribution < 1.29 is 17.6 Å². The molecule has 154 valence electrons. The van der Waals surface area contributed by atoms with Crippen LogP contribution < -0.4 is 0 Å². The Morgan fingerprint density at radius 1 is 0.867 bits per heavy atom. The number of rotatable bonds is 4. The normalized spacial score (nSPS) is 15.7. The Morgan fingerprint density at radius 3 is 2.27 bits per heavy atom. The van der Waals surface area contributed by atoms with E-state index in [0.717, 1.165) is 10.8 Å². The van der Waals surface area contributed by atoms with Crippen LogP contribution >= 0.6 is 0 Å². The molecule has 1 amide bonds. The highest BCUT2D eigenvalue weighted by atomic mass is 32.2. The SMILES string of the molecule is O=C(C=Cc1ccccc1F)N1CCN(S(=O)(=O)c2ccc3ccccc3c2)CC1. The minimum absolute atomic E-state index is 0.217. The van der Waals surface area contributed by atoms with Crippen molar-refractivity contribution in [3.05, 3.63) is 84.2 Å². The molecule has 3 aromatic carbocycles. The molecule has 1 saturated heterocycles. The Morgan fingerprint density at radius 2 is 1.53 bits per heavy atom. The van der Waals surface area contributed by atoms with Gasteiger partial charge in [-0.15, -0.1) is 0 Å². The number of carbonyl (C=O) groups is 1. The van der Waals surface area contributed by atoms with E-state index in [1.807, 2.05) is 24.3 Å². The first-order valence-electron chi connectivity index (χ1n) is 9.66. The van der Waals surface area contributed by atoms with Gasteiger partial charge in [-0.3, -0.25) is 4.79 Å². The second kappa shape index (κ2) is 8.38. The number of sulfonamides is 1. The molecule has 0 aromatic heterocycles. The first-order chi connectivity index (χ1) is 14.4. The third-order valence-electron chi connectivity index (χ3n) is 5.22. The molecule has 7 heteroatoms. The van der Waals surface area contributed by atoms with Gasteiger partial charge < -0.3 is 4.90 Å². The summed E-state index contributed by atoms with van der Waals surface area (Å²) in [5.41, 5.74) is 0.336. The van der Waals surface area contributed by atoms with Crippen LogP contribution in [0.5, 0.6) is 0 Å². The van der Waals surface area contributed by atoms with Crippen LogP contribution in [0, 0.1) is 5.82 Å². The van der Waals surface area contributed by atoms with Crippen molar-refractivity contribution in [2.75, 3.05) is 26.2 Å². The van der Waals surface area contributed by atoms with Gasteiger partial charge in [0.05, 0.1) is 4.90 Å². The van der Waals surface area contributed by atoms with Gasteiger partial charge in [0.15, 0.2) is 0 Å². The van der Waals surface area contributed by atoms with Gasteiger partial charge in [-0.05, 0) is 35.0 Å². The van der Waals surface area contributed by atoms with Gasteiger partial charge in [0, 0.05) is 37.8 Å². The number of piperazine rings is 1. The summed E-state index contributed by atoms with van der Waals surface area (Å²) >= 11 is 0. The predicted molar refractivity (Wildman–Crippen MR) is 115 cm³/mol. The molecule has 0 aliphatic carbocycles. The molecule has 0 spiro atoms. The molecule has 0 unspecified atom stereocenters. The summed E-state index contributed by atoms with van der Waals surface area (Å²) in [6.45, 7) is 1.00. The van der Waals surface area contributed by atoms with Crippen molar-refractivity contribution in [3.8, 4) is 0 Å². The van der Waals surface area contributed by atoms with Crippen LogP contribution in [0.15, 0.2) is 77.7 Å². The van der Waals surface area contributed by atoms with E-state index in [1.165, 1.54) is 22.5 Å². The molecule has 0 radical (unpaired) electrons. The van der Waals surface area contributed by atoms with Gasteiger partial charge in [-0.2, -0.15) is 4.31 Å². The second-order valence-electron chi connectivity index (χ2n) is 7.09. The standard InChI is InChI=1S/C23H21FN2O3S/c24-22-8-4-3-6-19(22)10-12-23(27)25-13-15-26(16-14-25)30(28,29)21-11-9-18-5-1-2-7-20(18)17-21/h1-12,17H,13-16H2. The average molecular weight is 424 g/mol. The van der Waals surface area contributed by atoms with Crippen LogP contribution in [0.3, 0.4) is 0 Å². The lowest BCUT2D eigenvalue weighted by molar-refractivity contribution is -0.127. The van der Waals surface area contributed by atoms with E-state index in [9.17, 15) is 17.6 Å². The second-order valence-corrected chi connectivity index (χ2v) is 9.03. The van der Waals surface area contributed by atoms with Crippen LogP contribution in [0.1, 0.15) is 5.56 Å². The number of carbonyl (C=O) groups excluding carboxylic acids is 1. The Kier molecular flexibility index (Phi) is 5.65. The van der Waals surface area contributed by atoms with Crippen LogP contribution in [0.25, 0.3) is 16.8 Å². The molecule has 0 bridgehead atoms. The number of hydrogen-bond donors (Lipinski definition) is 0. The molecule has 0 saturated carbocycles. The first-order valence-corrected chi connectivity index (χ1v) is 11.1. The zero-order valence-electron chi connectivity index (χ0n) is 16.2. The number of fused-ring (bicyclic) bond motifs is 1. The molecule has 30 heavy (non-hydrogen) atoms. The zero-order valence-corrected chi connectivity index (χ0v) is 17.1. The molecule has 1 aliphatic heterocycles. The fraction of sp³-hybridized carbons (Fsp3) is 0.174. The fourth-order valence-corrected chi connectivity index (χ4v) is 4.96. The average Bonchev–Trinajstić information content (AvgIpc) is 2.78. The smallest absolute Gasteiger partial charge is 0.246 e. The molecular weight excluding hydrogens is 403 g/mol. The van der Waals surface area contributed by atoms with Crippen molar-refractivity contribution in [2.45, 2.75) is 4.90 Å². The third kappa shape index (κ3) is 4.13. The van der Waals surface area contributed by atoms with E-state index in [1.54, 1.807) is 41.3 Å². The molecule has 1 aliphatic rings. The van der Waals surface area contributed by atoms with E-state index in [-0.39, 0.29) is 37.0 Å². The summed E-state index contributed by atoms with van der Waals surface area (Å²) in [6.07, 6.45) is 2.77. The van der Waals surface area contributed by atoms with Gasteiger partial charge in [0.2, 0.25) is 15.9 Å². The lowest BCUT2D eigenvalue weighted by Gasteiger charge is -2.33. The summed E-state index contributed by atoms with van der Waals surface area (Å²) in [5, 5.41) is 1.85. The van der Waals surface area contributed by atoms with Crippen LogP contribution in [-0.4, -0.2) is 49.7 Å². The van der Waals surface area contributed by atoms with Crippen molar-refractivity contribution in [1.29, 1.82) is 0 Å². The van der Waals surface area contributed by atoms with Crippen molar-refractivity contribution in [1.82, 2.24) is 9.21 Å². The zero-order chi connectivity index (χ0) is 21.1. The fourth-order valence-electron chi connectivity index (χ4n) is 3.50. The number of halogens is 1. The summed E-state index contributed by atoms with van der Waals surface area (Å²) in [4.78, 5) is 14.2. The first kappa shape index (κ1) is 20.3. The lowest BCUT2D eigenvalue weighted by Crippen LogP contribution is -2.50. The molecule has 1 fully saturated rings. The van der Waals surface area contributed by atoms with Crippen molar-refractivity contribution in [3.63, 3.8) is 0 Å². The molecular formula is C23H21FN2O3S. The highest BCUT2D eigenvalue weighted by Crippen LogP contribution is 2.23. The highest BCUT2D eigenvalue weighted by Gasteiger charge is 2.29. The van der Waals surface area contributed by atoms with Crippen molar-refractivity contribution in [2.24, 2.45) is 0 Å². The van der Waals surface area contributed by atoms with Gasteiger partial charge in [0.1, 0.15) is 5.82 Å². The lowest BCUT2D eigenvalue weighted by atomic mass is 10.1.